The predicted molar refractivity (Wildman–Crippen MR) is 281 cm³/mol. The van der Waals surface area contributed by atoms with E-state index >= 15 is 0 Å². The van der Waals surface area contributed by atoms with E-state index in [9.17, 15) is 0 Å². The predicted octanol–water partition coefficient (Wildman–Crippen LogP) is 19.9. The first-order chi connectivity index (χ1) is 29.6. The van der Waals surface area contributed by atoms with Crippen LogP contribution in [0.3, 0.4) is 0 Å². The lowest BCUT2D eigenvalue weighted by atomic mass is 9.86. The van der Waals surface area contributed by atoms with Gasteiger partial charge in [0, 0.05) is 0 Å². The average Bonchev–Trinajstić information content (AvgIpc) is 3.35. The number of benzene rings is 6. The van der Waals surface area contributed by atoms with Gasteiger partial charge in [-0.25, -0.2) is 0 Å². The molecule has 0 heterocycles. The van der Waals surface area contributed by atoms with E-state index in [1.807, 2.05) is 69.2 Å². The Morgan fingerprint density at radius 3 is 1.69 bits per heavy atom. The maximum Gasteiger partial charge on any atom is -0.00965 e. The van der Waals surface area contributed by atoms with Gasteiger partial charge in [0.2, 0.25) is 0 Å². The van der Waals surface area contributed by atoms with Gasteiger partial charge in [0.15, 0.2) is 0 Å². The number of hydrogen-bond acceptors (Lipinski definition) is 0. The van der Waals surface area contributed by atoms with Crippen LogP contribution in [-0.4, -0.2) is 0 Å². The second-order valence-electron chi connectivity index (χ2n) is 13.3. The van der Waals surface area contributed by atoms with E-state index in [0.717, 1.165) is 17.6 Å². The summed E-state index contributed by atoms with van der Waals surface area (Å²) in [5.74, 6) is 0. The van der Waals surface area contributed by atoms with Crippen molar-refractivity contribution in [1.29, 1.82) is 0 Å². The van der Waals surface area contributed by atoms with Crippen LogP contribution in [0.15, 0.2) is 170 Å². The Balaban J connectivity index is 0.00000158. The number of hydrogen-bond donors (Lipinski definition) is 0. The van der Waals surface area contributed by atoms with Gasteiger partial charge in [0.05, 0.1) is 0 Å². The summed E-state index contributed by atoms with van der Waals surface area (Å²) in [5, 5.41) is 0. The molecule has 0 nitrogen and oxygen atoms in total. The van der Waals surface area contributed by atoms with Gasteiger partial charge in [0.25, 0.3) is 0 Å². The third kappa shape index (κ3) is 15.1. The molecule has 0 N–H and O–H groups in total. The fourth-order valence-electron chi connectivity index (χ4n) is 7.12. The van der Waals surface area contributed by atoms with Crippen molar-refractivity contribution in [3.63, 3.8) is 0 Å². The minimum atomic E-state index is 0. The van der Waals surface area contributed by atoms with Crippen LogP contribution in [-0.2, 0) is 0 Å². The fraction of sp³-hybridized carbons (Fsp3) is 0.279. The SMILES string of the molecule is C.C=C(/C=C\c1ccccc1C)c1cccc(/C(=C/C)c2cc(-c3cccc(C4=CCCCC4)c3)ccc2-c2cccc(-c3ccccc3)c2)c1.CC.CC.CC.CC.CC. The van der Waals surface area contributed by atoms with Gasteiger partial charge in [-0.05, 0) is 147 Å². The summed E-state index contributed by atoms with van der Waals surface area (Å²) in [6.45, 7) is 28.8. The van der Waals surface area contributed by atoms with Gasteiger partial charge in [-0.1, -0.05) is 229 Å². The highest BCUT2D eigenvalue weighted by atomic mass is 14.2. The summed E-state index contributed by atoms with van der Waals surface area (Å²) in [6.07, 6.45) is 13.9. The Bertz CT molecular complexity index is 2240. The molecule has 322 valence electrons. The molecule has 0 atom stereocenters. The van der Waals surface area contributed by atoms with Crippen molar-refractivity contribution < 1.29 is 0 Å². The first kappa shape index (κ1) is 53.3. The first-order valence-corrected chi connectivity index (χ1v) is 22.9. The van der Waals surface area contributed by atoms with Gasteiger partial charge < -0.3 is 0 Å². The van der Waals surface area contributed by atoms with Crippen LogP contribution in [0.25, 0.3) is 56.2 Å². The second-order valence-corrected chi connectivity index (χ2v) is 13.3. The molecule has 0 unspecified atom stereocenters. The molecule has 0 amide bonds. The van der Waals surface area contributed by atoms with E-state index in [4.69, 9.17) is 0 Å². The van der Waals surface area contributed by atoms with E-state index in [0.29, 0.717) is 0 Å². The quantitative estimate of drug-likeness (QED) is 0.128. The van der Waals surface area contributed by atoms with E-state index < -0.39 is 0 Å². The molecule has 7 rings (SSSR count). The molecule has 6 aromatic carbocycles. The van der Waals surface area contributed by atoms with Crippen LogP contribution in [0.2, 0.25) is 0 Å². The molecular formula is C61H78. The number of rotatable bonds is 9. The average molecular weight is 811 g/mol. The summed E-state index contributed by atoms with van der Waals surface area (Å²) in [4.78, 5) is 0. The zero-order valence-corrected chi connectivity index (χ0v) is 39.2. The summed E-state index contributed by atoms with van der Waals surface area (Å²) in [6, 6.07) is 53.0. The highest BCUT2D eigenvalue weighted by Crippen LogP contribution is 2.39. The molecule has 1 aliphatic rings. The van der Waals surface area contributed by atoms with Crippen molar-refractivity contribution >= 4 is 22.8 Å². The van der Waals surface area contributed by atoms with Crippen molar-refractivity contribution in [1.82, 2.24) is 0 Å². The zero-order valence-electron chi connectivity index (χ0n) is 39.2. The Morgan fingerprint density at radius 2 is 1.05 bits per heavy atom. The van der Waals surface area contributed by atoms with Gasteiger partial charge in [-0.3, -0.25) is 0 Å². The van der Waals surface area contributed by atoms with Crippen LogP contribution in [0.1, 0.15) is 143 Å². The van der Waals surface area contributed by atoms with E-state index in [-0.39, 0.29) is 7.43 Å². The molecule has 0 radical (unpaired) electrons. The molecule has 61 heavy (non-hydrogen) atoms. The van der Waals surface area contributed by atoms with Crippen molar-refractivity contribution in [3.05, 3.63) is 204 Å². The molecule has 0 spiro atoms. The van der Waals surface area contributed by atoms with Crippen LogP contribution in [0.4, 0.5) is 0 Å². The lowest BCUT2D eigenvalue weighted by Crippen LogP contribution is -1.96. The van der Waals surface area contributed by atoms with Crippen LogP contribution >= 0.6 is 0 Å². The van der Waals surface area contributed by atoms with Gasteiger partial charge in [-0.2, -0.15) is 0 Å². The maximum absolute atomic E-state index is 4.46. The van der Waals surface area contributed by atoms with Gasteiger partial charge in [0.1, 0.15) is 0 Å². The zero-order chi connectivity index (χ0) is 44.3. The standard InChI is InChI=1S/C50H44.5C2H6.CH4/c1-4-48(46-26-13-22-41(32-46)37(3)28-29-38-17-12-11-16-36(38)2)50-35-45(44-25-14-23-42(33-44)39-18-7-5-8-19-39)30-31-49(50)47-27-15-24-43(34-47)40-20-9-6-10-21-40;5*1-2;/h4,6,9-18,20-35H,3,5,7-8,19H2,1-2H3;5*1-2H3;1H4/b29-28-,48-4-;;;;;;. The molecule has 0 saturated heterocycles. The molecular weight excluding hydrogens is 733 g/mol. The summed E-state index contributed by atoms with van der Waals surface area (Å²) >= 11 is 0. The van der Waals surface area contributed by atoms with Crippen molar-refractivity contribution in [2.45, 2.75) is 116 Å². The number of allylic oxidation sites excluding steroid dienone is 5. The summed E-state index contributed by atoms with van der Waals surface area (Å²) in [5.41, 5.74) is 18.3. The topological polar surface area (TPSA) is 0 Å². The third-order valence-electron chi connectivity index (χ3n) is 9.93. The Kier molecular flexibility index (Phi) is 26.5. The molecule has 0 bridgehead atoms. The fourth-order valence-corrected chi connectivity index (χ4v) is 7.12. The van der Waals surface area contributed by atoms with Crippen molar-refractivity contribution in [3.8, 4) is 33.4 Å². The highest BCUT2D eigenvalue weighted by molar-refractivity contribution is 5.93. The molecule has 0 saturated carbocycles. The highest BCUT2D eigenvalue weighted by Gasteiger charge is 2.16. The van der Waals surface area contributed by atoms with E-state index in [1.165, 1.54) is 91.6 Å². The van der Waals surface area contributed by atoms with Crippen LogP contribution in [0, 0.1) is 6.92 Å². The van der Waals surface area contributed by atoms with Gasteiger partial charge in [-0.15, -0.1) is 0 Å². The first-order valence-electron chi connectivity index (χ1n) is 22.9. The second kappa shape index (κ2) is 30.3. The summed E-state index contributed by atoms with van der Waals surface area (Å²) in [7, 11) is 0. The summed E-state index contributed by atoms with van der Waals surface area (Å²) < 4.78 is 0. The maximum atomic E-state index is 4.46. The van der Waals surface area contributed by atoms with E-state index in [1.54, 1.807) is 0 Å². The van der Waals surface area contributed by atoms with Crippen molar-refractivity contribution in [2.24, 2.45) is 0 Å². The van der Waals surface area contributed by atoms with Crippen LogP contribution in [0.5, 0.6) is 0 Å². The molecule has 1 aliphatic carbocycles. The monoisotopic (exact) mass is 811 g/mol. The normalized spacial score (nSPS) is 11.4. The third-order valence-corrected chi connectivity index (χ3v) is 9.93. The molecule has 0 aromatic heterocycles. The minimum Gasteiger partial charge on any atom is -0.0912 e. The van der Waals surface area contributed by atoms with Crippen LogP contribution < -0.4 is 0 Å². The Hall–Kier alpha value is -5.72. The lowest BCUT2D eigenvalue weighted by molar-refractivity contribution is 0.742. The van der Waals surface area contributed by atoms with Crippen molar-refractivity contribution in [2.75, 3.05) is 0 Å². The van der Waals surface area contributed by atoms with E-state index in [2.05, 4.69) is 190 Å². The largest absolute Gasteiger partial charge is 0.0912 e. The molecule has 0 heteroatoms. The molecule has 0 fully saturated rings. The number of aryl methyl sites for hydroxylation is 1. The smallest absolute Gasteiger partial charge is 0.00965 e. The molecule has 0 aliphatic heterocycles. The Labute approximate surface area is 374 Å². The lowest BCUT2D eigenvalue weighted by Gasteiger charge is -2.18. The minimum absolute atomic E-state index is 0. The molecule has 6 aromatic rings. The van der Waals surface area contributed by atoms with Gasteiger partial charge >= 0.3 is 0 Å². The Morgan fingerprint density at radius 1 is 0.508 bits per heavy atom.